The number of ether oxygens (including phenoxy) is 1. The van der Waals surface area contributed by atoms with Gasteiger partial charge in [0.15, 0.2) is 5.82 Å². The van der Waals surface area contributed by atoms with Gasteiger partial charge in [-0.3, -0.25) is 10.00 Å². The lowest BCUT2D eigenvalue weighted by Crippen LogP contribution is -2.28. The Hall–Kier alpha value is -1.66. The first kappa shape index (κ1) is 16.7. The first-order valence-electron chi connectivity index (χ1n) is 7.71. The second-order valence-corrected chi connectivity index (χ2v) is 5.64. The first-order chi connectivity index (χ1) is 10.7. The fourth-order valence-corrected chi connectivity index (χ4v) is 2.61. The third-order valence-corrected chi connectivity index (χ3v) is 3.78. The fourth-order valence-electron chi connectivity index (χ4n) is 2.42. The second-order valence-electron chi connectivity index (χ2n) is 5.27. The molecule has 0 saturated carbocycles. The summed E-state index contributed by atoms with van der Waals surface area (Å²) in [6.07, 6.45) is 2.26. The highest BCUT2D eigenvalue weighted by Gasteiger charge is 2.09. The van der Waals surface area contributed by atoms with Crippen molar-refractivity contribution in [3.8, 4) is 17.1 Å². The summed E-state index contributed by atoms with van der Waals surface area (Å²) in [4.78, 5) is 6.85. The van der Waals surface area contributed by atoms with E-state index >= 15 is 0 Å². The zero-order chi connectivity index (χ0) is 15.9. The van der Waals surface area contributed by atoms with Gasteiger partial charge in [0.2, 0.25) is 4.77 Å². The van der Waals surface area contributed by atoms with Gasteiger partial charge < -0.3 is 4.74 Å². The number of hydrogen-bond acceptors (Lipinski definition) is 4. The van der Waals surface area contributed by atoms with Crippen molar-refractivity contribution < 1.29 is 4.74 Å². The number of nitrogens with one attached hydrogen (secondary N) is 1. The maximum Gasteiger partial charge on any atom is 0.217 e. The molecule has 22 heavy (non-hydrogen) atoms. The van der Waals surface area contributed by atoms with Gasteiger partial charge in [-0.05, 0) is 62.4 Å². The van der Waals surface area contributed by atoms with Crippen molar-refractivity contribution in [2.75, 3.05) is 20.2 Å². The van der Waals surface area contributed by atoms with E-state index in [2.05, 4.69) is 28.8 Å². The van der Waals surface area contributed by atoms with Crippen molar-refractivity contribution >= 4 is 12.2 Å². The maximum absolute atomic E-state index is 5.38. The third kappa shape index (κ3) is 4.18. The number of methoxy groups -OCH3 is 1. The summed E-state index contributed by atoms with van der Waals surface area (Å²) < 4.78 is 7.69. The highest BCUT2D eigenvalue weighted by molar-refractivity contribution is 7.71. The van der Waals surface area contributed by atoms with Crippen LogP contribution in [0, 0.1) is 4.77 Å². The predicted octanol–water partition coefficient (Wildman–Crippen LogP) is 3.70. The molecule has 0 unspecified atom stereocenters. The Labute approximate surface area is 136 Å². The molecule has 1 heterocycles. The van der Waals surface area contributed by atoms with E-state index in [1.54, 1.807) is 7.11 Å². The summed E-state index contributed by atoms with van der Waals surface area (Å²) in [5, 5.41) is 3.30. The molecule has 5 nitrogen and oxygen atoms in total. The van der Waals surface area contributed by atoms with Crippen LogP contribution >= 0.6 is 12.2 Å². The van der Waals surface area contributed by atoms with Gasteiger partial charge >= 0.3 is 0 Å². The molecular weight excluding hydrogens is 296 g/mol. The summed E-state index contributed by atoms with van der Waals surface area (Å²) in [7, 11) is 1.66. The topological polar surface area (TPSA) is 46.1 Å². The van der Waals surface area contributed by atoms with Gasteiger partial charge in [0.1, 0.15) is 5.75 Å². The molecule has 6 heteroatoms. The van der Waals surface area contributed by atoms with Crippen LogP contribution in [0.2, 0.25) is 0 Å². The highest BCUT2D eigenvalue weighted by atomic mass is 32.1. The second kappa shape index (κ2) is 8.10. The Kier molecular flexibility index (Phi) is 6.15. The number of hydrogen-bond donors (Lipinski definition) is 1. The Balaban J connectivity index is 2.17. The van der Waals surface area contributed by atoms with Crippen LogP contribution in [0.15, 0.2) is 24.3 Å². The molecule has 0 amide bonds. The Bertz CT molecular complexity index is 626. The number of aromatic amines is 1. The van der Waals surface area contributed by atoms with Crippen molar-refractivity contribution in [1.29, 1.82) is 0 Å². The van der Waals surface area contributed by atoms with Crippen LogP contribution in [0.3, 0.4) is 0 Å². The lowest BCUT2D eigenvalue weighted by atomic mass is 10.2. The molecule has 0 aliphatic rings. The van der Waals surface area contributed by atoms with E-state index in [0.29, 0.717) is 4.77 Å². The van der Waals surface area contributed by atoms with Gasteiger partial charge in [0, 0.05) is 5.56 Å². The van der Waals surface area contributed by atoms with Crippen molar-refractivity contribution in [2.45, 2.75) is 33.4 Å². The lowest BCUT2D eigenvalue weighted by molar-refractivity contribution is 0.206. The molecular formula is C16H24N4OS. The summed E-state index contributed by atoms with van der Waals surface area (Å²) in [5.41, 5.74) is 1.00. The molecule has 0 radical (unpaired) electrons. The largest absolute Gasteiger partial charge is 0.497 e. The minimum Gasteiger partial charge on any atom is -0.497 e. The average Bonchev–Trinajstić information content (AvgIpc) is 2.89. The predicted molar refractivity (Wildman–Crippen MR) is 91.6 cm³/mol. The number of benzene rings is 1. The van der Waals surface area contributed by atoms with Crippen LogP contribution in [0.4, 0.5) is 0 Å². The molecule has 120 valence electrons. The van der Waals surface area contributed by atoms with Crippen LogP contribution in [0.1, 0.15) is 26.7 Å². The molecule has 1 aromatic heterocycles. The quantitative estimate of drug-likeness (QED) is 0.753. The molecule has 0 fully saturated rings. The van der Waals surface area contributed by atoms with E-state index in [-0.39, 0.29) is 0 Å². The molecule has 2 aromatic rings. The Morgan fingerprint density at radius 3 is 2.36 bits per heavy atom. The maximum atomic E-state index is 5.38. The zero-order valence-electron chi connectivity index (χ0n) is 13.5. The van der Waals surface area contributed by atoms with Gasteiger partial charge in [-0.15, -0.1) is 0 Å². The summed E-state index contributed by atoms with van der Waals surface area (Å²) in [6.45, 7) is 7.26. The van der Waals surface area contributed by atoms with Crippen LogP contribution in [-0.2, 0) is 6.67 Å². The van der Waals surface area contributed by atoms with Crippen molar-refractivity contribution in [1.82, 2.24) is 19.7 Å². The van der Waals surface area contributed by atoms with Gasteiger partial charge in [-0.1, -0.05) is 13.8 Å². The van der Waals surface area contributed by atoms with Crippen LogP contribution in [-0.4, -0.2) is 39.9 Å². The molecule has 0 aliphatic heterocycles. The van der Waals surface area contributed by atoms with Gasteiger partial charge in [0.05, 0.1) is 13.8 Å². The lowest BCUT2D eigenvalue weighted by Gasteiger charge is -2.20. The number of H-pyrrole nitrogens is 1. The van der Waals surface area contributed by atoms with Crippen molar-refractivity contribution in [3.63, 3.8) is 0 Å². The number of aromatic nitrogens is 3. The van der Waals surface area contributed by atoms with E-state index in [9.17, 15) is 0 Å². The van der Waals surface area contributed by atoms with Crippen LogP contribution in [0.25, 0.3) is 11.4 Å². The smallest absolute Gasteiger partial charge is 0.217 e. The minimum absolute atomic E-state index is 0.586. The fraction of sp³-hybridized carbons (Fsp3) is 0.500. The first-order valence-corrected chi connectivity index (χ1v) is 8.12. The Morgan fingerprint density at radius 1 is 1.18 bits per heavy atom. The van der Waals surface area contributed by atoms with E-state index < -0.39 is 0 Å². The normalized spacial score (nSPS) is 11.1. The third-order valence-electron chi connectivity index (χ3n) is 3.46. The van der Waals surface area contributed by atoms with Crippen molar-refractivity contribution in [3.05, 3.63) is 29.0 Å². The highest BCUT2D eigenvalue weighted by Crippen LogP contribution is 2.19. The van der Waals surface area contributed by atoms with E-state index in [4.69, 9.17) is 17.0 Å². The molecule has 2 rings (SSSR count). The van der Waals surface area contributed by atoms with Gasteiger partial charge in [-0.25, -0.2) is 4.68 Å². The summed E-state index contributed by atoms with van der Waals surface area (Å²) in [5.74, 6) is 1.62. The Morgan fingerprint density at radius 2 is 1.82 bits per heavy atom. The molecule has 1 N–H and O–H groups in total. The van der Waals surface area contributed by atoms with Crippen molar-refractivity contribution in [2.24, 2.45) is 0 Å². The number of rotatable bonds is 8. The van der Waals surface area contributed by atoms with E-state index in [1.807, 2.05) is 28.9 Å². The van der Waals surface area contributed by atoms with Gasteiger partial charge in [-0.2, -0.15) is 4.98 Å². The summed E-state index contributed by atoms with van der Waals surface area (Å²) >= 11 is 5.38. The van der Waals surface area contributed by atoms with Gasteiger partial charge in [0.25, 0.3) is 0 Å². The van der Waals surface area contributed by atoms with E-state index in [1.165, 1.54) is 0 Å². The molecule has 1 aromatic carbocycles. The summed E-state index contributed by atoms with van der Waals surface area (Å²) in [6, 6.07) is 7.80. The van der Waals surface area contributed by atoms with Crippen LogP contribution in [0.5, 0.6) is 5.75 Å². The monoisotopic (exact) mass is 320 g/mol. The van der Waals surface area contributed by atoms with E-state index in [0.717, 1.165) is 49.7 Å². The molecule has 0 atom stereocenters. The average molecular weight is 320 g/mol. The molecule has 0 saturated heterocycles. The standard InChI is InChI=1S/C16H24N4OS/c1-4-10-19(11-5-2)12-20-16(22)17-15(18-20)13-6-8-14(21-3)9-7-13/h6-9H,4-5,10-12H2,1-3H3,(H,17,18,22). The number of nitrogens with zero attached hydrogens (tertiary/aromatic N) is 3. The van der Waals surface area contributed by atoms with Crippen LogP contribution < -0.4 is 4.74 Å². The molecule has 0 spiro atoms. The molecule has 0 bridgehead atoms. The SMILES string of the molecule is CCCN(CCC)Cn1[nH]c(-c2ccc(OC)cc2)nc1=S. The minimum atomic E-state index is 0.586. The zero-order valence-corrected chi connectivity index (χ0v) is 14.3. The molecule has 0 aliphatic carbocycles.